The predicted molar refractivity (Wildman–Crippen MR) is 119 cm³/mol. The molecule has 0 saturated heterocycles. The Labute approximate surface area is 179 Å². The zero-order valence-electron chi connectivity index (χ0n) is 17.1. The van der Waals surface area contributed by atoms with Crippen LogP contribution in [0.15, 0.2) is 66.9 Å². The third kappa shape index (κ3) is 4.13. The van der Waals surface area contributed by atoms with E-state index in [-0.39, 0.29) is 5.91 Å². The average Bonchev–Trinajstić information content (AvgIpc) is 3.50. The molecular formula is C24H23N5O2. The number of hydrogen-bond donors (Lipinski definition) is 3. The van der Waals surface area contributed by atoms with Crippen molar-refractivity contribution in [2.45, 2.75) is 31.9 Å². The molecule has 1 fully saturated rings. The molecule has 7 nitrogen and oxygen atoms in total. The Bertz CT molecular complexity index is 1230. The number of aromatic nitrogens is 3. The summed E-state index contributed by atoms with van der Waals surface area (Å²) < 4.78 is 1.73. The van der Waals surface area contributed by atoms with E-state index in [9.17, 15) is 9.90 Å². The lowest BCUT2D eigenvalue weighted by molar-refractivity contribution is 0.0951. The summed E-state index contributed by atoms with van der Waals surface area (Å²) in [6, 6.07) is 19.3. The molecule has 1 atom stereocenters. The van der Waals surface area contributed by atoms with E-state index in [4.69, 9.17) is 0 Å². The number of amides is 1. The van der Waals surface area contributed by atoms with Crippen molar-refractivity contribution in [1.82, 2.24) is 19.9 Å². The van der Waals surface area contributed by atoms with Crippen LogP contribution in [0.2, 0.25) is 0 Å². The second kappa shape index (κ2) is 7.85. The van der Waals surface area contributed by atoms with Gasteiger partial charge in [0.15, 0.2) is 5.65 Å². The van der Waals surface area contributed by atoms with Gasteiger partial charge in [0.2, 0.25) is 5.95 Å². The van der Waals surface area contributed by atoms with Crippen LogP contribution in [0.25, 0.3) is 16.8 Å². The number of aliphatic hydroxyl groups excluding tert-OH is 1. The number of aliphatic hydroxyl groups is 1. The van der Waals surface area contributed by atoms with E-state index in [2.05, 4.69) is 20.7 Å². The van der Waals surface area contributed by atoms with Crippen molar-refractivity contribution < 1.29 is 9.90 Å². The van der Waals surface area contributed by atoms with Gasteiger partial charge in [0.05, 0.1) is 6.10 Å². The molecule has 1 amide bonds. The highest BCUT2D eigenvalue weighted by Crippen LogP contribution is 2.26. The van der Waals surface area contributed by atoms with E-state index in [1.54, 1.807) is 23.6 Å². The fourth-order valence-electron chi connectivity index (χ4n) is 3.46. The summed E-state index contributed by atoms with van der Waals surface area (Å²) in [4.78, 5) is 16.8. The van der Waals surface area contributed by atoms with Gasteiger partial charge in [-0.2, -0.15) is 4.98 Å². The zero-order chi connectivity index (χ0) is 21.4. The maximum absolute atomic E-state index is 12.1. The van der Waals surface area contributed by atoms with Crippen LogP contribution >= 0.6 is 0 Å². The minimum Gasteiger partial charge on any atom is -0.389 e. The first-order chi connectivity index (χ1) is 15.1. The van der Waals surface area contributed by atoms with Crippen molar-refractivity contribution >= 4 is 23.2 Å². The normalized spacial score (nSPS) is 14.4. The molecule has 1 saturated carbocycles. The van der Waals surface area contributed by atoms with Crippen LogP contribution < -0.4 is 10.6 Å². The molecule has 156 valence electrons. The smallest absolute Gasteiger partial charge is 0.251 e. The molecule has 1 unspecified atom stereocenters. The highest BCUT2D eigenvalue weighted by atomic mass is 16.3. The summed E-state index contributed by atoms with van der Waals surface area (Å²) in [6.07, 6.45) is 3.49. The Hall–Kier alpha value is -3.71. The van der Waals surface area contributed by atoms with Gasteiger partial charge in [0.1, 0.15) is 0 Å². The number of nitrogens with zero attached hydrogens (tertiary/aromatic N) is 3. The van der Waals surface area contributed by atoms with Gasteiger partial charge in [0.25, 0.3) is 5.91 Å². The van der Waals surface area contributed by atoms with Crippen LogP contribution in [-0.2, 0) is 0 Å². The van der Waals surface area contributed by atoms with Gasteiger partial charge in [0, 0.05) is 29.1 Å². The Morgan fingerprint density at radius 3 is 2.52 bits per heavy atom. The second-order valence-electron chi connectivity index (χ2n) is 7.87. The molecule has 31 heavy (non-hydrogen) atoms. The summed E-state index contributed by atoms with van der Waals surface area (Å²) in [7, 11) is 0. The number of fused-ring (bicyclic) bond motifs is 1. The van der Waals surface area contributed by atoms with Gasteiger partial charge < -0.3 is 15.7 Å². The van der Waals surface area contributed by atoms with Crippen LogP contribution in [0.4, 0.5) is 11.6 Å². The lowest BCUT2D eigenvalue weighted by Crippen LogP contribution is -2.25. The SMILES string of the molecule is CC(O)c1ccc(-c2cccn3nc(Nc4ccc(C(=O)NC5CC5)cc4)nc23)cc1. The lowest BCUT2D eigenvalue weighted by Gasteiger charge is -2.07. The molecule has 7 heteroatoms. The first kappa shape index (κ1) is 19.3. The van der Waals surface area contributed by atoms with E-state index in [0.717, 1.165) is 40.9 Å². The van der Waals surface area contributed by atoms with Gasteiger partial charge in [-0.15, -0.1) is 5.10 Å². The highest BCUT2D eigenvalue weighted by Gasteiger charge is 2.23. The fraction of sp³-hybridized carbons (Fsp3) is 0.208. The Balaban J connectivity index is 1.37. The molecule has 0 bridgehead atoms. The number of carbonyl (C=O) groups is 1. The van der Waals surface area contributed by atoms with Gasteiger partial charge in [-0.3, -0.25) is 4.79 Å². The number of benzene rings is 2. The van der Waals surface area contributed by atoms with Crippen molar-refractivity contribution in [3.05, 3.63) is 78.0 Å². The summed E-state index contributed by atoms with van der Waals surface area (Å²) in [5, 5.41) is 20.4. The van der Waals surface area contributed by atoms with Crippen LogP contribution in [0.3, 0.4) is 0 Å². The number of carbonyl (C=O) groups excluding carboxylic acids is 1. The molecule has 1 aliphatic carbocycles. The molecule has 0 spiro atoms. The van der Waals surface area contributed by atoms with Crippen LogP contribution in [0.5, 0.6) is 0 Å². The van der Waals surface area contributed by atoms with Crippen LogP contribution in [-0.4, -0.2) is 31.7 Å². The molecule has 0 aliphatic heterocycles. The maximum atomic E-state index is 12.1. The number of nitrogens with one attached hydrogen (secondary N) is 2. The summed E-state index contributed by atoms with van der Waals surface area (Å²) in [6.45, 7) is 1.75. The van der Waals surface area contributed by atoms with E-state index < -0.39 is 6.10 Å². The minimum absolute atomic E-state index is 0.0360. The summed E-state index contributed by atoms with van der Waals surface area (Å²) >= 11 is 0. The molecule has 0 radical (unpaired) electrons. The van der Waals surface area contributed by atoms with Gasteiger partial charge in [-0.1, -0.05) is 24.3 Å². The minimum atomic E-state index is -0.500. The van der Waals surface area contributed by atoms with Crippen molar-refractivity contribution in [2.24, 2.45) is 0 Å². The van der Waals surface area contributed by atoms with Crippen molar-refractivity contribution in [3.63, 3.8) is 0 Å². The summed E-state index contributed by atoms with van der Waals surface area (Å²) in [5.74, 6) is 0.439. The molecular weight excluding hydrogens is 390 g/mol. The predicted octanol–water partition coefficient (Wildman–Crippen LogP) is 4.09. The molecule has 2 aromatic carbocycles. The maximum Gasteiger partial charge on any atom is 0.251 e. The monoisotopic (exact) mass is 413 g/mol. The van der Waals surface area contributed by atoms with Crippen LogP contribution in [0, 0.1) is 0 Å². The quantitative estimate of drug-likeness (QED) is 0.443. The van der Waals surface area contributed by atoms with Crippen molar-refractivity contribution in [1.29, 1.82) is 0 Å². The molecule has 4 aromatic rings. The van der Waals surface area contributed by atoms with Gasteiger partial charge >= 0.3 is 0 Å². The highest BCUT2D eigenvalue weighted by molar-refractivity contribution is 5.95. The molecule has 1 aliphatic rings. The third-order valence-corrected chi connectivity index (χ3v) is 5.38. The number of rotatable bonds is 6. The fourth-order valence-corrected chi connectivity index (χ4v) is 3.46. The first-order valence-corrected chi connectivity index (χ1v) is 10.4. The Morgan fingerprint density at radius 1 is 1.10 bits per heavy atom. The van der Waals surface area contributed by atoms with E-state index in [0.29, 0.717) is 17.6 Å². The van der Waals surface area contributed by atoms with Crippen LogP contribution in [0.1, 0.15) is 41.8 Å². The molecule has 2 heterocycles. The molecule has 3 N–H and O–H groups in total. The third-order valence-electron chi connectivity index (χ3n) is 5.38. The molecule has 2 aromatic heterocycles. The lowest BCUT2D eigenvalue weighted by atomic mass is 10.0. The largest absolute Gasteiger partial charge is 0.389 e. The average molecular weight is 413 g/mol. The Morgan fingerprint density at radius 2 is 1.84 bits per heavy atom. The first-order valence-electron chi connectivity index (χ1n) is 10.4. The second-order valence-corrected chi connectivity index (χ2v) is 7.87. The van der Waals surface area contributed by atoms with E-state index >= 15 is 0 Å². The number of anilines is 2. The standard InChI is InChI=1S/C24H23N5O2/c1-15(30)16-4-6-17(7-5-16)21-3-2-14-29-22(21)27-24(28-29)26-20-10-8-18(9-11-20)23(31)25-19-12-13-19/h2-11,14-15,19,30H,12-13H2,1H3,(H,25,31)(H,26,28). The van der Waals surface area contributed by atoms with E-state index in [1.807, 2.05) is 54.7 Å². The topological polar surface area (TPSA) is 91.5 Å². The number of hydrogen-bond acceptors (Lipinski definition) is 5. The zero-order valence-corrected chi connectivity index (χ0v) is 17.1. The van der Waals surface area contributed by atoms with Crippen molar-refractivity contribution in [3.8, 4) is 11.1 Å². The number of pyridine rings is 1. The molecule has 5 rings (SSSR count). The van der Waals surface area contributed by atoms with E-state index in [1.165, 1.54) is 0 Å². The Kier molecular flexibility index (Phi) is 4.88. The van der Waals surface area contributed by atoms with Crippen molar-refractivity contribution in [2.75, 3.05) is 5.32 Å². The summed E-state index contributed by atoms with van der Waals surface area (Å²) in [5.41, 5.74) is 5.00. The van der Waals surface area contributed by atoms with Gasteiger partial charge in [-0.05, 0) is 67.3 Å². The van der Waals surface area contributed by atoms with Gasteiger partial charge in [-0.25, -0.2) is 4.52 Å².